The first-order chi connectivity index (χ1) is 7.80. The smallest absolute Gasteiger partial charge is 0.120 e. The quantitative estimate of drug-likeness (QED) is 0.814. The second kappa shape index (κ2) is 10.1. The molecule has 0 bridgehead atoms. The van der Waals surface area contributed by atoms with Gasteiger partial charge in [-0.3, -0.25) is 0 Å². The second-order valence-corrected chi connectivity index (χ2v) is 3.95. The van der Waals surface area contributed by atoms with Crippen LogP contribution in [0.15, 0.2) is 18.2 Å². The summed E-state index contributed by atoms with van der Waals surface area (Å²) in [5, 5.41) is 10.3. The van der Waals surface area contributed by atoms with Crippen LogP contribution in [0, 0.1) is 0 Å². The van der Waals surface area contributed by atoms with E-state index in [4.69, 9.17) is 9.84 Å². The van der Waals surface area contributed by atoms with Crippen LogP contribution in [-0.2, 0) is 10.7 Å². The Morgan fingerprint density at radius 3 is 1.94 bits per heavy atom. The highest BCUT2D eigenvalue weighted by atomic mass is 79.9. The minimum absolute atomic E-state index is 0.0438. The van der Waals surface area contributed by atoms with Crippen LogP contribution in [0.3, 0.4) is 0 Å². The summed E-state index contributed by atoms with van der Waals surface area (Å²) in [6.45, 7) is 4.38. The monoisotopic (exact) mass is 352 g/mol. The molecule has 0 amide bonds. The molecule has 0 aliphatic rings. The lowest BCUT2D eigenvalue weighted by molar-refractivity contribution is 0.201. The second-order valence-electron chi connectivity index (χ2n) is 2.82. The summed E-state index contributed by atoms with van der Waals surface area (Å²) in [5.41, 5.74) is 2.35. The molecule has 0 atom stereocenters. The molecule has 0 aromatic heterocycles. The van der Waals surface area contributed by atoms with Gasteiger partial charge >= 0.3 is 0 Å². The predicted octanol–water partition coefficient (Wildman–Crippen LogP) is 3.87. The fourth-order valence-corrected chi connectivity index (χ4v) is 1.78. The Morgan fingerprint density at radius 1 is 1.06 bits per heavy atom. The lowest BCUT2D eigenvalue weighted by Gasteiger charge is -2.07. The largest absolute Gasteiger partial charge is 0.491 e. The van der Waals surface area contributed by atoms with Gasteiger partial charge in [-0.25, -0.2) is 0 Å². The Bertz CT molecular complexity index is 268. The molecule has 1 N–H and O–H groups in total. The van der Waals surface area contributed by atoms with Crippen molar-refractivity contribution in [3.8, 4) is 5.75 Å². The van der Waals surface area contributed by atoms with E-state index in [1.165, 1.54) is 11.1 Å². The standard InChI is InChI=1S/C10H12Br2O2.C2H6/c11-6-8-3-9(7-12)5-10(4-8)14-2-1-13;1-2/h3-5,13H,1-2,6-7H2;1-2H3. The average Bonchev–Trinajstić information content (AvgIpc) is 2.38. The number of halogens is 2. The number of benzene rings is 1. The molecule has 0 radical (unpaired) electrons. The van der Waals surface area contributed by atoms with Gasteiger partial charge in [-0.05, 0) is 23.3 Å². The highest BCUT2D eigenvalue weighted by molar-refractivity contribution is 9.08. The lowest BCUT2D eigenvalue weighted by Crippen LogP contribution is -2.02. The number of hydrogen-bond donors (Lipinski definition) is 1. The third-order valence-corrected chi connectivity index (χ3v) is 2.99. The molecule has 1 aromatic carbocycles. The number of aliphatic hydroxyl groups excluding tert-OH is 1. The number of hydrogen-bond acceptors (Lipinski definition) is 2. The van der Waals surface area contributed by atoms with Crippen LogP contribution in [0.25, 0.3) is 0 Å². The van der Waals surface area contributed by atoms with E-state index in [9.17, 15) is 0 Å². The molecule has 92 valence electrons. The van der Waals surface area contributed by atoms with Gasteiger partial charge < -0.3 is 9.84 Å². The highest BCUT2D eigenvalue weighted by Gasteiger charge is 2.00. The van der Waals surface area contributed by atoms with Crippen molar-refractivity contribution < 1.29 is 9.84 Å². The maximum Gasteiger partial charge on any atom is 0.120 e. The van der Waals surface area contributed by atoms with Crippen molar-refractivity contribution in [1.82, 2.24) is 0 Å². The highest BCUT2D eigenvalue weighted by Crippen LogP contribution is 2.20. The van der Waals surface area contributed by atoms with Gasteiger partial charge in [0.05, 0.1) is 6.61 Å². The van der Waals surface area contributed by atoms with E-state index in [0.717, 1.165) is 16.4 Å². The van der Waals surface area contributed by atoms with Crippen molar-refractivity contribution in [2.75, 3.05) is 13.2 Å². The summed E-state index contributed by atoms with van der Waals surface area (Å²) >= 11 is 6.81. The van der Waals surface area contributed by atoms with Gasteiger partial charge in [-0.15, -0.1) is 0 Å². The van der Waals surface area contributed by atoms with Crippen LogP contribution in [0.4, 0.5) is 0 Å². The Hall–Kier alpha value is -0.0600. The molecular formula is C12H18Br2O2. The van der Waals surface area contributed by atoms with E-state index in [0.29, 0.717) is 6.61 Å². The van der Waals surface area contributed by atoms with Crippen molar-refractivity contribution >= 4 is 31.9 Å². The van der Waals surface area contributed by atoms with Crippen LogP contribution in [0.5, 0.6) is 5.75 Å². The van der Waals surface area contributed by atoms with Gasteiger partial charge in [-0.1, -0.05) is 51.8 Å². The fourth-order valence-electron chi connectivity index (χ4n) is 1.13. The number of alkyl halides is 2. The molecule has 2 nitrogen and oxygen atoms in total. The van der Waals surface area contributed by atoms with Gasteiger partial charge in [0, 0.05) is 10.7 Å². The van der Waals surface area contributed by atoms with Gasteiger partial charge in [0.15, 0.2) is 0 Å². The zero-order valence-corrected chi connectivity index (χ0v) is 12.8. The Morgan fingerprint density at radius 2 is 1.56 bits per heavy atom. The third kappa shape index (κ3) is 5.87. The Labute approximate surface area is 114 Å². The molecule has 0 unspecified atom stereocenters. The summed E-state index contributed by atoms with van der Waals surface area (Å²) in [5.74, 6) is 0.811. The van der Waals surface area contributed by atoms with Gasteiger partial charge in [0.25, 0.3) is 0 Å². The first-order valence-electron chi connectivity index (χ1n) is 5.28. The summed E-state index contributed by atoms with van der Waals surface area (Å²) in [6, 6.07) is 6.04. The number of rotatable bonds is 5. The van der Waals surface area contributed by atoms with Crippen LogP contribution in [0.2, 0.25) is 0 Å². The van der Waals surface area contributed by atoms with Crippen LogP contribution in [0.1, 0.15) is 25.0 Å². The number of aliphatic hydroxyl groups is 1. The molecule has 0 saturated carbocycles. The predicted molar refractivity (Wildman–Crippen MR) is 75.6 cm³/mol. The molecule has 16 heavy (non-hydrogen) atoms. The molecule has 0 aliphatic carbocycles. The van der Waals surface area contributed by atoms with Gasteiger partial charge in [0.2, 0.25) is 0 Å². The van der Waals surface area contributed by atoms with Gasteiger partial charge in [-0.2, -0.15) is 0 Å². The Balaban J connectivity index is 0.00000106. The van der Waals surface area contributed by atoms with Crippen molar-refractivity contribution in [2.45, 2.75) is 24.5 Å². The van der Waals surface area contributed by atoms with Crippen molar-refractivity contribution in [3.63, 3.8) is 0 Å². The van der Waals surface area contributed by atoms with E-state index in [2.05, 4.69) is 37.9 Å². The summed E-state index contributed by atoms with van der Waals surface area (Å²) in [6.07, 6.45) is 0. The average molecular weight is 354 g/mol. The normalized spacial score (nSPS) is 9.31. The molecule has 0 heterocycles. The molecule has 0 saturated heterocycles. The zero-order valence-electron chi connectivity index (χ0n) is 9.67. The Kier molecular flexibility index (Phi) is 10.1. The molecule has 0 spiro atoms. The van der Waals surface area contributed by atoms with E-state index >= 15 is 0 Å². The van der Waals surface area contributed by atoms with Crippen molar-refractivity contribution in [1.29, 1.82) is 0 Å². The number of ether oxygens (including phenoxy) is 1. The van der Waals surface area contributed by atoms with E-state index in [-0.39, 0.29) is 6.61 Å². The molecule has 0 fully saturated rings. The summed E-state index contributed by atoms with van der Waals surface area (Å²) in [4.78, 5) is 0. The van der Waals surface area contributed by atoms with E-state index < -0.39 is 0 Å². The summed E-state index contributed by atoms with van der Waals surface area (Å²) < 4.78 is 5.35. The van der Waals surface area contributed by atoms with E-state index in [1.54, 1.807) is 0 Å². The zero-order chi connectivity index (χ0) is 12.4. The van der Waals surface area contributed by atoms with Crippen LogP contribution < -0.4 is 4.74 Å². The molecule has 1 aromatic rings. The SMILES string of the molecule is CC.OCCOc1cc(CBr)cc(CBr)c1. The lowest BCUT2D eigenvalue weighted by atomic mass is 10.1. The maximum atomic E-state index is 8.64. The first-order valence-corrected chi connectivity index (χ1v) is 7.53. The molecule has 4 heteroatoms. The first kappa shape index (κ1) is 15.9. The van der Waals surface area contributed by atoms with Crippen LogP contribution >= 0.6 is 31.9 Å². The minimum atomic E-state index is 0.0438. The van der Waals surface area contributed by atoms with Crippen molar-refractivity contribution in [2.24, 2.45) is 0 Å². The minimum Gasteiger partial charge on any atom is -0.491 e. The van der Waals surface area contributed by atoms with Crippen molar-refractivity contribution in [3.05, 3.63) is 29.3 Å². The topological polar surface area (TPSA) is 29.5 Å². The van der Waals surface area contributed by atoms with Crippen LogP contribution in [-0.4, -0.2) is 18.3 Å². The summed E-state index contributed by atoms with van der Waals surface area (Å²) in [7, 11) is 0. The maximum absolute atomic E-state index is 8.64. The molecule has 1 rings (SSSR count). The van der Waals surface area contributed by atoms with Gasteiger partial charge in [0.1, 0.15) is 12.4 Å². The molecule has 0 aliphatic heterocycles. The third-order valence-electron chi connectivity index (χ3n) is 1.69. The fraction of sp³-hybridized carbons (Fsp3) is 0.500. The molecular weight excluding hydrogens is 336 g/mol. The van der Waals surface area contributed by atoms with E-state index in [1.807, 2.05) is 26.0 Å².